The summed E-state index contributed by atoms with van der Waals surface area (Å²) in [6.07, 6.45) is 0.428. The minimum atomic E-state index is -0.641. The van der Waals surface area contributed by atoms with Crippen LogP contribution in [0.5, 0.6) is 5.75 Å². The smallest absolute Gasteiger partial charge is 0.246 e. The van der Waals surface area contributed by atoms with Crippen LogP contribution in [0, 0.1) is 5.82 Å². The number of fused-ring (bicyclic) bond motifs is 4. The van der Waals surface area contributed by atoms with Crippen molar-refractivity contribution in [1.29, 1.82) is 0 Å². The van der Waals surface area contributed by atoms with E-state index >= 15 is 0 Å². The molecule has 2 atom stereocenters. The predicted molar refractivity (Wildman–Crippen MR) is 134 cm³/mol. The molecule has 4 aromatic rings. The van der Waals surface area contributed by atoms with Gasteiger partial charge in [-0.15, -0.1) is 0 Å². The molecule has 2 aliphatic heterocycles. The number of nitrogens with one attached hydrogen (secondary N) is 1. The van der Waals surface area contributed by atoms with Crippen LogP contribution in [-0.2, 0) is 22.6 Å². The molecule has 7 heteroatoms. The van der Waals surface area contributed by atoms with Crippen LogP contribution in [0.4, 0.5) is 4.39 Å². The first-order chi connectivity index (χ1) is 17.5. The van der Waals surface area contributed by atoms with Crippen LogP contribution >= 0.6 is 0 Å². The number of ether oxygens (including phenoxy) is 1. The maximum atomic E-state index is 13.8. The van der Waals surface area contributed by atoms with Crippen molar-refractivity contribution in [3.8, 4) is 5.75 Å². The van der Waals surface area contributed by atoms with E-state index in [9.17, 15) is 14.0 Å². The highest BCUT2D eigenvalue weighted by molar-refractivity contribution is 5.97. The van der Waals surface area contributed by atoms with Gasteiger partial charge in [0.05, 0.1) is 6.61 Å². The van der Waals surface area contributed by atoms with E-state index in [4.69, 9.17) is 4.74 Å². The number of halogens is 1. The molecule has 2 aliphatic rings. The number of hydrogen-bond acceptors (Lipinski definition) is 3. The molecule has 2 amide bonds. The number of benzene rings is 3. The predicted octanol–water partition coefficient (Wildman–Crippen LogP) is 4.59. The maximum Gasteiger partial charge on any atom is 0.246 e. The number of para-hydroxylation sites is 2. The molecular formula is C29H26FN3O3. The number of hydrogen-bond donors (Lipinski definition) is 1. The first-order valence-corrected chi connectivity index (χ1v) is 12.2. The minimum Gasteiger partial charge on any atom is -0.494 e. The van der Waals surface area contributed by atoms with Crippen molar-refractivity contribution in [2.45, 2.75) is 32.0 Å². The molecule has 3 aromatic carbocycles. The Morgan fingerprint density at radius 2 is 1.75 bits per heavy atom. The number of H-pyrrole nitrogens is 1. The van der Waals surface area contributed by atoms with Crippen LogP contribution in [0.2, 0.25) is 0 Å². The van der Waals surface area contributed by atoms with E-state index in [1.54, 1.807) is 21.9 Å². The maximum absolute atomic E-state index is 13.8. The molecule has 0 radical (unpaired) electrons. The van der Waals surface area contributed by atoms with Crippen molar-refractivity contribution >= 4 is 22.7 Å². The van der Waals surface area contributed by atoms with Crippen molar-refractivity contribution in [3.05, 3.63) is 101 Å². The second kappa shape index (κ2) is 8.82. The Morgan fingerprint density at radius 3 is 2.56 bits per heavy atom. The van der Waals surface area contributed by atoms with Gasteiger partial charge in [0.1, 0.15) is 30.2 Å². The number of carbonyl (C=O) groups is 2. The van der Waals surface area contributed by atoms with Gasteiger partial charge in [0.2, 0.25) is 11.8 Å². The largest absolute Gasteiger partial charge is 0.494 e. The summed E-state index contributed by atoms with van der Waals surface area (Å²) in [5.41, 5.74) is 4.59. The molecule has 0 bridgehead atoms. The molecule has 6 nitrogen and oxygen atoms in total. The first kappa shape index (κ1) is 22.3. The lowest BCUT2D eigenvalue weighted by molar-refractivity contribution is -0.159. The monoisotopic (exact) mass is 483 g/mol. The summed E-state index contributed by atoms with van der Waals surface area (Å²) in [4.78, 5) is 34.4. The SMILES string of the molecule is CCOc1ccccc1[C@H]1c2[nH]c3ccccc3c2C[C@H]2C(=O)N(Cc3ccc(F)cc3)CC(=O)N12. The number of nitrogens with zero attached hydrogens (tertiary/aromatic N) is 2. The van der Waals surface area contributed by atoms with Gasteiger partial charge in [-0.05, 0) is 42.3 Å². The van der Waals surface area contributed by atoms with Crippen molar-refractivity contribution in [3.63, 3.8) is 0 Å². The molecule has 1 fully saturated rings. The van der Waals surface area contributed by atoms with Gasteiger partial charge in [-0.25, -0.2) is 4.39 Å². The van der Waals surface area contributed by atoms with Crippen LogP contribution < -0.4 is 4.74 Å². The number of aromatic nitrogens is 1. The number of carbonyl (C=O) groups excluding carboxylic acids is 2. The van der Waals surface area contributed by atoms with E-state index in [1.807, 2.05) is 49.4 Å². The second-order valence-electron chi connectivity index (χ2n) is 9.28. The van der Waals surface area contributed by atoms with Crippen LogP contribution in [-0.4, -0.2) is 45.8 Å². The van der Waals surface area contributed by atoms with Gasteiger partial charge in [-0.2, -0.15) is 0 Å². The number of aromatic amines is 1. The van der Waals surface area contributed by atoms with Gasteiger partial charge in [0, 0.05) is 35.1 Å². The zero-order chi connectivity index (χ0) is 24.8. The third-order valence-electron chi connectivity index (χ3n) is 7.14. The molecule has 1 aromatic heterocycles. The second-order valence-corrected chi connectivity index (χ2v) is 9.28. The Labute approximate surface area is 208 Å². The average Bonchev–Trinajstić information content (AvgIpc) is 3.26. The van der Waals surface area contributed by atoms with Gasteiger partial charge in [-0.1, -0.05) is 48.5 Å². The zero-order valence-corrected chi connectivity index (χ0v) is 19.9. The highest BCUT2D eigenvalue weighted by atomic mass is 19.1. The fraction of sp³-hybridized carbons (Fsp3) is 0.241. The molecule has 6 rings (SSSR count). The lowest BCUT2D eigenvalue weighted by Crippen LogP contribution is -2.62. The van der Waals surface area contributed by atoms with Gasteiger partial charge >= 0.3 is 0 Å². The van der Waals surface area contributed by atoms with Gasteiger partial charge in [0.25, 0.3) is 0 Å². The van der Waals surface area contributed by atoms with E-state index in [0.717, 1.165) is 33.3 Å². The van der Waals surface area contributed by atoms with Crippen molar-refractivity contribution in [2.75, 3.05) is 13.2 Å². The molecule has 36 heavy (non-hydrogen) atoms. The topological polar surface area (TPSA) is 65.6 Å². The molecule has 1 N–H and O–H groups in total. The molecule has 0 saturated carbocycles. The number of piperazine rings is 1. The molecule has 0 unspecified atom stereocenters. The molecule has 182 valence electrons. The number of amides is 2. The zero-order valence-electron chi connectivity index (χ0n) is 19.9. The summed E-state index contributed by atoms with van der Waals surface area (Å²) < 4.78 is 19.4. The first-order valence-electron chi connectivity index (χ1n) is 12.2. The third kappa shape index (κ3) is 3.63. The van der Waals surface area contributed by atoms with Crippen molar-refractivity contribution in [2.24, 2.45) is 0 Å². The quantitative estimate of drug-likeness (QED) is 0.452. The molecule has 3 heterocycles. The lowest BCUT2D eigenvalue weighted by Gasteiger charge is -2.47. The van der Waals surface area contributed by atoms with Crippen molar-refractivity contribution in [1.82, 2.24) is 14.8 Å². The molecule has 1 saturated heterocycles. The lowest BCUT2D eigenvalue weighted by atomic mass is 9.85. The minimum absolute atomic E-state index is 0.0322. The van der Waals surface area contributed by atoms with Gasteiger partial charge < -0.3 is 19.5 Å². The highest BCUT2D eigenvalue weighted by Crippen LogP contribution is 2.45. The van der Waals surface area contributed by atoms with E-state index in [1.165, 1.54) is 12.1 Å². The Hall–Kier alpha value is -4.13. The summed E-state index contributed by atoms with van der Waals surface area (Å²) >= 11 is 0. The summed E-state index contributed by atoms with van der Waals surface area (Å²) in [6.45, 7) is 2.65. The van der Waals surface area contributed by atoms with Crippen molar-refractivity contribution < 1.29 is 18.7 Å². The Kier molecular flexibility index (Phi) is 5.48. The Bertz CT molecular complexity index is 1460. The standard InChI is InChI=1S/C29H26FN3O3/c1-2-36-25-10-6-4-8-21(25)28-27-22(20-7-3-5-9-23(20)31-27)15-24-29(35)32(17-26(34)33(24)28)16-18-11-13-19(30)14-12-18/h3-14,24,28,31H,2,15-17H2,1H3/t24-,28-/m0/s1. The van der Waals surface area contributed by atoms with Crippen LogP contribution in [0.3, 0.4) is 0 Å². The highest BCUT2D eigenvalue weighted by Gasteiger charge is 2.48. The Balaban J connectivity index is 1.46. The molecular weight excluding hydrogens is 457 g/mol. The van der Waals surface area contributed by atoms with Crippen LogP contribution in [0.1, 0.15) is 35.3 Å². The third-order valence-corrected chi connectivity index (χ3v) is 7.14. The fourth-order valence-electron chi connectivity index (χ4n) is 5.59. The van der Waals surface area contributed by atoms with E-state index in [0.29, 0.717) is 18.8 Å². The molecule has 0 spiro atoms. The molecule has 0 aliphatic carbocycles. The number of rotatable bonds is 5. The summed E-state index contributed by atoms with van der Waals surface area (Å²) in [5.74, 6) is 0.140. The van der Waals surface area contributed by atoms with Gasteiger partial charge in [0.15, 0.2) is 0 Å². The average molecular weight is 484 g/mol. The summed E-state index contributed by atoms with van der Waals surface area (Å²) in [6, 6.07) is 20.7. The Morgan fingerprint density at radius 1 is 1.00 bits per heavy atom. The summed E-state index contributed by atoms with van der Waals surface area (Å²) in [7, 11) is 0. The van der Waals surface area contributed by atoms with Gasteiger partial charge in [-0.3, -0.25) is 9.59 Å². The van der Waals surface area contributed by atoms with Crippen LogP contribution in [0.25, 0.3) is 10.9 Å². The van der Waals surface area contributed by atoms with E-state index in [-0.39, 0.29) is 30.7 Å². The van der Waals surface area contributed by atoms with Crippen LogP contribution in [0.15, 0.2) is 72.8 Å². The fourth-order valence-corrected chi connectivity index (χ4v) is 5.59. The van der Waals surface area contributed by atoms with E-state index < -0.39 is 12.1 Å². The normalized spacial score (nSPS) is 19.4. The summed E-state index contributed by atoms with van der Waals surface area (Å²) in [5, 5.41) is 1.06. The van der Waals surface area contributed by atoms with E-state index in [2.05, 4.69) is 11.1 Å².